The number of amides is 1. The standard InChI is InChI=1S/C36H44N4O8/c1-6-19-15-21(20-9-7-8-18(14-20)16-40-12-10-39(5)11-13-40)29(41)24-22(19)17(2)23-25(30(24)42)33(45)36(48)27(31(23)43)28(38(3)4)32(44)26(34(36)46)35(37)47/h7-9,14-15,17,23,27-28,31,41-43,46,48H,6,10-13,16H2,1-5H3,(H2,37,47)/t17-,23+,27+,28-,31-,36-/m0/s1. The summed E-state index contributed by atoms with van der Waals surface area (Å²) < 4.78 is 0. The van der Waals surface area contributed by atoms with Gasteiger partial charge >= 0.3 is 0 Å². The van der Waals surface area contributed by atoms with Crippen molar-refractivity contribution >= 4 is 23.2 Å². The summed E-state index contributed by atoms with van der Waals surface area (Å²) in [6.07, 6.45) is -1.14. The first kappa shape index (κ1) is 33.8. The number of aliphatic hydroxyl groups is 4. The van der Waals surface area contributed by atoms with Gasteiger partial charge in [-0.1, -0.05) is 32.0 Å². The Labute approximate surface area is 279 Å². The number of benzene rings is 2. The summed E-state index contributed by atoms with van der Waals surface area (Å²) in [6.45, 7) is 8.25. The summed E-state index contributed by atoms with van der Waals surface area (Å²) in [5.41, 5.74) is 4.66. The molecule has 1 saturated carbocycles. The Balaban J connectivity index is 1.52. The fraction of sp³-hybridized carbons (Fsp3) is 0.472. The summed E-state index contributed by atoms with van der Waals surface area (Å²) in [4.78, 5) is 46.2. The van der Waals surface area contributed by atoms with Gasteiger partial charge in [0.05, 0.1) is 23.6 Å². The third-order valence-corrected chi connectivity index (χ3v) is 10.9. The van der Waals surface area contributed by atoms with E-state index in [-0.39, 0.29) is 11.3 Å². The molecule has 7 N–H and O–H groups in total. The van der Waals surface area contributed by atoms with E-state index in [9.17, 15) is 39.9 Å². The van der Waals surface area contributed by atoms with Gasteiger partial charge in [-0.2, -0.15) is 0 Å². The molecule has 0 spiro atoms. The number of nitrogens with zero attached hydrogens (tertiary/aromatic N) is 3. The van der Waals surface area contributed by atoms with Gasteiger partial charge in [-0.3, -0.25) is 24.2 Å². The maximum Gasteiger partial charge on any atom is 0.255 e. The molecule has 1 aliphatic heterocycles. The van der Waals surface area contributed by atoms with Crippen molar-refractivity contribution in [3.05, 3.63) is 69.5 Å². The van der Waals surface area contributed by atoms with Gasteiger partial charge in [-0.25, -0.2) is 0 Å². The largest absolute Gasteiger partial charge is 0.508 e. The number of aryl methyl sites for hydroxylation is 1. The maximum absolute atomic E-state index is 14.4. The lowest BCUT2D eigenvalue weighted by atomic mass is 9.54. The fourth-order valence-corrected chi connectivity index (χ4v) is 8.48. The van der Waals surface area contributed by atoms with E-state index in [1.54, 1.807) is 6.92 Å². The number of fused-ring (bicyclic) bond motifs is 3. The molecule has 1 amide bonds. The average Bonchev–Trinajstić information content (AvgIpc) is 3.03. The lowest BCUT2D eigenvalue weighted by Gasteiger charge is -2.54. The molecule has 2 fully saturated rings. The topological polar surface area (TPSA) is 188 Å². The van der Waals surface area contributed by atoms with Crippen molar-refractivity contribution < 1.29 is 39.9 Å². The minimum absolute atomic E-state index is 0.00445. The first-order valence-corrected chi connectivity index (χ1v) is 16.4. The van der Waals surface area contributed by atoms with Crippen LogP contribution in [0.4, 0.5) is 0 Å². The number of Topliss-reactive ketones (excluding diaryl/α,β-unsaturated/α-hetero) is 2. The predicted octanol–water partition coefficient (Wildman–Crippen LogP) is 1.47. The van der Waals surface area contributed by atoms with E-state index in [0.717, 1.165) is 43.9 Å². The zero-order valence-corrected chi connectivity index (χ0v) is 27.9. The van der Waals surface area contributed by atoms with Crippen LogP contribution in [0.3, 0.4) is 0 Å². The molecule has 12 nitrogen and oxygen atoms in total. The molecule has 0 unspecified atom stereocenters. The quantitative estimate of drug-likeness (QED) is 0.246. The number of phenols is 1. The molecule has 1 heterocycles. The molecule has 3 aliphatic carbocycles. The van der Waals surface area contributed by atoms with Crippen LogP contribution in [0, 0.1) is 11.8 Å². The van der Waals surface area contributed by atoms with Gasteiger partial charge in [-0.05, 0) is 67.9 Å². The number of aromatic hydroxyl groups is 1. The van der Waals surface area contributed by atoms with Crippen LogP contribution < -0.4 is 5.73 Å². The van der Waals surface area contributed by atoms with E-state index in [0.29, 0.717) is 23.1 Å². The van der Waals surface area contributed by atoms with Crippen LogP contribution in [0.25, 0.3) is 16.9 Å². The van der Waals surface area contributed by atoms with Gasteiger partial charge in [0.2, 0.25) is 5.78 Å². The van der Waals surface area contributed by atoms with Crippen molar-refractivity contribution in [3.8, 4) is 16.9 Å². The van der Waals surface area contributed by atoms with Crippen LogP contribution in [0.2, 0.25) is 0 Å². The number of hydrogen-bond donors (Lipinski definition) is 6. The Bertz CT molecular complexity index is 1770. The highest BCUT2D eigenvalue weighted by Crippen LogP contribution is 2.57. The predicted molar refractivity (Wildman–Crippen MR) is 178 cm³/mol. The van der Waals surface area contributed by atoms with E-state index in [1.165, 1.54) is 19.0 Å². The van der Waals surface area contributed by atoms with Crippen molar-refractivity contribution in [2.75, 3.05) is 47.3 Å². The van der Waals surface area contributed by atoms with Crippen LogP contribution in [0.15, 0.2) is 47.2 Å². The van der Waals surface area contributed by atoms with Gasteiger partial charge in [0.15, 0.2) is 11.4 Å². The highest BCUT2D eigenvalue weighted by molar-refractivity contribution is 6.24. The van der Waals surface area contributed by atoms with Crippen LogP contribution in [-0.2, 0) is 27.3 Å². The molecule has 48 heavy (non-hydrogen) atoms. The van der Waals surface area contributed by atoms with Crippen LogP contribution >= 0.6 is 0 Å². The smallest absolute Gasteiger partial charge is 0.255 e. The lowest BCUT2D eigenvalue weighted by molar-refractivity contribution is -0.169. The molecule has 12 heteroatoms. The number of nitrogens with two attached hydrogens (primary N) is 1. The second-order valence-corrected chi connectivity index (χ2v) is 13.9. The SMILES string of the molecule is CCc1cc(-c2cccc(CN3CCN(C)CC3)c2)c(O)c2c1[C@H](C)[C@@H]1C(=C2O)C(=O)[C@]2(O)C(O)=C(C(N)=O)C(=O)[C@@H](N(C)C)[C@@H]2[C@H]1O. The molecule has 0 bridgehead atoms. The Morgan fingerprint density at radius 2 is 1.75 bits per heavy atom. The second kappa shape index (κ2) is 12.1. The van der Waals surface area contributed by atoms with Gasteiger partial charge in [0.25, 0.3) is 5.91 Å². The molecule has 6 atom stereocenters. The molecule has 256 valence electrons. The molecule has 0 aromatic heterocycles. The Morgan fingerprint density at radius 3 is 2.35 bits per heavy atom. The number of piperazine rings is 1. The van der Waals surface area contributed by atoms with E-state index in [2.05, 4.69) is 16.8 Å². The first-order chi connectivity index (χ1) is 22.6. The van der Waals surface area contributed by atoms with Gasteiger partial charge in [-0.15, -0.1) is 0 Å². The number of rotatable bonds is 6. The summed E-state index contributed by atoms with van der Waals surface area (Å²) in [5, 5.41) is 58.9. The van der Waals surface area contributed by atoms with Crippen LogP contribution in [0.1, 0.15) is 42.0 Å². The number of hydrogen-bond acceptors (Lipinski definition) is 11. The zero-order valence-electron chi connectivity index (χ0n) is 27.9. The average molecular weight is 661 g/mol. The third-order valence-electron chi connectivity index (χ3n) is 10.9. The Hall–Kier alpha value is -4.07. The lowest BCUT2D eigenvalue weighted by Crippen LogP contribution is -2.70. The summed E-state index contributed by atoms with van der Waals surface area (Å²) in [5.74, 6) is -9.00. The highest BCUT2D eigenvalue weighted by Gasteiger charge is 2.68. The van der Waals surface area contributed by atoms with Gasteiger partial charge < -0.3 is 36.2 Å². The zero-order chi connectivity index (χ0) is 35.0. The minimum atomic E-state index is -2.96. The third kappa shape index (κ3) is 4.88. The van der Waals surface area contributed by atoms with Crippen molar-refractivity contribution in [1.29, 1.82) is 0 Å². The van der Waals surface area contributed by atoms with Crippen LogP contribution in [-0.4, -0.2) is 123 Å². The van der Waals surface area contributed by atoms with Crippen molar-refractivity contribution in [2.24, 2.45) is 17.6 Å². The summed E-state index contributed by atoms with van der Waals surface area (Å²) >= 11 is 0. The molecule has 6 rings (SSSR count). The summed E-state index contributed by atoms with van der Waals surface area (Å²) in [6, 6.07) is 8.27. The maximum atomic E-state index is 14.4. The molecule has 2 aromatic carbocycles. The van der Waals surface area contributed by atoms with Gasteiger partial charge in [0, 0.05) is 49.8 Å². The number of primary amides is 1. The molecule has 4 aliphatic rings. The van der Waals surface area contributed by atoms with E-state index in [1.807, 2.05) is 37.3 Å². The second-order valence-electron chi connectivity index (χ2n) is 13.9. The van der Waals surface area contributed by atoms with Crippen molar-refractivity contribution in [2.45, 2.75) is 50.5 Å². The van der Waals surface area contributed by atoms with Crippen LogP contribution in [0.5, 0.6) is 5.75 Å². The van der Waals surface area contributed by atoms with E-state index in [4.69, 9.17) is 5.73 Å². The first-order valence-electron chi connectivity index (χ1n) is 16.4. The van der Waals surface area contributed by atoms with Crippen molar-refractivity contribution in [1.82, 2.24) is 14.7 Å². The van der Waals surface area contributed by atoms with E-state index < -0.39 is 75.6 Å². The molecular weight excluding hydrogens is 616 g/mol. The number of carbonyl (C=O) groups excluding carboxylic acids is 3. The molecule has 0 radical (unpaired) electrons. The number of carbonyl (C=O) groups is 3. The Kier molecular flexibility index (Phi) is 8.54. The normalized spacial score (nSPS) is 29.6. The number of likely N-dealkylation sites (N-methyl/N-ethyl adjacent to an activating group) is 2. The number of ketones is 2. The summed E-state index contributed by atoms with van der Waals surface area (Å²) in [7, 11) is 5.07. The minimum Gasteiger partial charge on any atom is -0.508 e. The highest BCUT2D eigenvalue weighted by atomic mass is 16.4. The monoisotopic (exact) mass is 660 g/mol. The molecule has 2 aromatic rings. The Morgan fingerprint density at radius 1 is 1.08 bits per heavy atom. The number of aliphatic hydroxyl groups excluding tert-OH is 3. The van der Waals surface area contributed by atoms with E-state index >= 15 is 0 Å². The number of phenolic OH excluding ortho intramolecular Hbond substituents is 1. The fourth-order valence-electron chi connectivity index (χ4n) is 8.48. The molecular formula is C36H44N4O8. The van der Waals surface area contributed by atoms with Gasteiger partial charge in [0.1, 0.15) is 22.8 Å². The van der Waals surface area contributed by atoms with Crippen molar-refractivity contribution in [3.63, 3.8) is 0 Å². The molecule has 1 saturated heterocycles.